The Morgan fingerprint density at radius 2 is 1.02 bits per heavy atom. The van der Waals surface area contributed by atoms with Crippen LogP contribution in [0.4, 0.5) is 0 Å². The molecule has 6 amide bonds. The quantitative estimate of drug-likeness (QED) is 0.124. The van der Waals surface area contributed by atoms with Gasteiger partial charge in [-0.05, 0) is 105 Å². The second kappa shape index (κ2) is 29.7. The Balaban J connectivity index is 0.000000211. The molecule has 6 aliphatic heterocycles. The van der Waals surface area contributed by atoms with E-state index in [0.717, 1.165) is 88.2 Å². The van der Waals surface area contributed by atoms with Gasteiger partial charge in [-0.1, -0.05) is 147 Å². The molecule has 17 heteroatoms. The molecule has 0 spiro atoms. The third-order valence-corrected chi connectivity index (χ3v) is 19.1. The van der Waals surface area contributed by atoms with Crippen molar-refractivity contribution in [3.8, 4) is 0 Å². The molecule has 0 radical (unpaired) electrons. The van der Waals surface area contributed by atoms with Crippen molar-refractivity contribution < 1.29 is 48.2 Å². The van der Waals surface area contributed by atoms with Crippen LogP contribution in [0.5, 0.6) is 0 Å². The van der Waals surface area contributed by atoms with E-state index in [1.54, 1.807) is 26.7 Å². The summed E-state index contributed by atoms with van der Waals surface area (Å²) < 4.78 is 5.59. The van der Waals surface area contributed by atoms with E-state index in [1.807, 2.05) is 79.4 Å². The summed E-state index contributed by atoms with van der Waals surface area (Å²) in [6, 6.07) is 17.1. The van der Waals surface area contributed by atoms with Crippen LogP contribution in [0.2, 0.25) is 0 Å². The lowest BCUT2D eigenvalue weighted by atomic mass is 9.90. The van der Waals surface area contributed by atoms with Crippen molar-refractivity contribution >= 4 is 69.6 Å². The number of nitrogens with zero attached hydrogens (tertiary/aromatic N) is 4. The molecule has 0 bridgehead atoms. The second-order valence-electron chi connectivity index (χ2n) is 24.9. The standard InChI is InChI=1S/C33H45N3O5.C32H43N3O5.CH3I/c1-23-12-7-4-3-5-10-15-25-19-33(25,20-29(37)28-18-26(41-2)22-36(28)31(23)39)32(40)35-17-11-16-27(35)30(38)34-21-24-13-8-6-9-14-24;1-22-11-6-3-2-4-9-14-24-18-32(24,19-28(37)27-17-25(36)21-35(27)30(22)39)31(40)34-16-10-15-26(34)29(38)33-20-23-12-7-5-8-13-23;1-2/h6,8-10,13-15,23,25-28H,3-5,7,11-12,16-22H2,1-2H3,(H,34,38);5,7-9,12-14,22,24-27,36H,2-4,6,10-11,15-21H2,1H3,(H,33,38);1H3/b15-10-;14-9-;/t23-,25+,26+,27-,28-,33+;22-,24+,25+,26-,27-,32+;/m00./s1. The number of hydrogen-bond acceptors (Lipinski definition) is 10. The Kier molecular flexibility index (Phi) is 22.8. The van der Waals surface area contributed by atoms with Crippen LogP contribution in [0.15, 0.2) is 85.0 Å². The Morgan fingerprint density at radius 3 is 1.47 bits per heavy atom. The van der Waals surface area contributed by atoms with Crippen molar-refractivity contribution in [2.45, 2.75) is 192 Å². The van der Waals surface area contributed by atoms with Gasteiger partial charge in [-0.2, -0.15) is 0 Å². The summed E-state index contributed by atoms with van der Waals surface area (Å²) in [7, 11) is 1.62. The summed E-state index contributed by atoms with van der Waals surface area (Å²) in [5, 5.41) is 16.4. The number of alkyl halides is 1. The topological polar surface area (TPSA) is 203 Å². The molecule has 0 unspecified atom stereocenters. The summed E-state index contributed by atoms with van der Waals surface area (Å²) in [6.45, 7) is 6.28. The zero-order chi connectivity index (χ0) is 59.3. The van der Waals surface area contributed by atoms with Crippen molar-refractivity contribution in [1.29, 1.82) is 0 Å². The van der Waals surface area contributed by atoms with Crippen LogP contribution in [0.1, 0.15) is 153 Å². The lowest BCUT2D eigenvalue weighted by molar-refractivity contribution is -0.146. The number of allylic oxidation sites excluding steroid dienone is 4. The maximum absolute atomic E-state index is 14.3. The number of fused-ring (bicyclic) bond motifs is 4. The molecule has 3 N–H and O–H groups in total. The summed E-state index contributed by atoms with van der Waals surface area (Å²) >= 11 is 2.15. The number of carbonyl (C=O) groups excluding carboxylic acids is 8. The van der Waals surface area contributed by atoms with Gasteiger partial charge in [0, 0.05) is 83.9 Å². The first-order valence-electron chi connectivity index (χ1n) is 31.0. The first kappa shape index (κ1) is 63.7. The Bertz CT molecular complexity index is 2650. The summed E-state index contributed by atoms with van der Waals surface area (Å²) in [4.78, 5) is 118. The summed E-state index contributed by atoms with van der Waals surface area (Å²) in [5.74, 6) is -1.23. The first-order valence-corrected chi connectivity index (χ1v) is 33.1. The van der Waals surface area contributed by atoms with E-state index in [4.69, 9.17) is 4.74 Å². The van der Waals surface area contributed by atoms with E-state index < -0.39 is 41.1 Å². The molecular weight excluding hydrogens is 1160 g/mol. The van der Waals surface area contributed by atoms with Crippen LogP contribution in [0.25, 0.3) is 0 Å². The number of aliphatic hydroxyl groups excluding tert-OH is 1. The highest BCUT2D eigenvalue weighted by Crippen LogP contribution is 2.60. The number of carbonyl (C=O) groups is 8. The number of ether oxygens (including phenoxy) is 1. The Morgan fingerprint density at radius 1 is 0.590 bits per heavy atom. The van der Waals surface area contributed by atoms with E-state index in [0.29, 0.717) is 64.8 Å². The van der Waals surface area contributed by atoms with E-state index in [2.05, 4.69) is 57.5 Å². The number of benzene rings is 2. The molecular formula is C66H91IN6O10. The fourth-order valence-corrected chi connectivity index (χ4v) is 14.0. The number of Topliss-reactive ketones (excluding diaryl/α,β-unsaturated/α-hetero) is 2. The van der Waals surface area contributed by atoms with E-state index >= 15 is 0 Å². The SMILES string of the molecule is CI.CO[C@@H]1C[C@H]2C(=O)C[C@]3(C(=O)N4CCC[C@H]4C(=O)NCc4ccccc4)C[C@H]3/C=C\CCCCC[C@H](C)C(=O)N2C1.C[C@H]1CCCCC/C=C\[C@@H]2C[C@@]2(C(=O)N2CCC[C@H]2C(=O)NCc2ccccc2)CC(=O)[C@@H]2C[C@@H](O)CN2C1=O. The van der Waals surface area contributed by atoms with Gasteiger partial charge in [-0.25, -0.2) is 0 Å². The second-order valence-corrected chi connectivity index (χ2v) is 24.9. The fourth-order valence-electron chi connectivity index (χ4n) is 14.0. The highest BCUT2D eigenvalue weighted by molar-refractivity contribution is 14.1. The van der Waals surface area contributed by atoms with E-state index in [-0.39, 0.29) is 103 Å². The van der Waals surface area contributed by atoms with Gasteiger partial charge in [0.1, 0.15) is 12.1 Å². The van der Waals surface area contributed by atoms with Gasteiger partial charge in [0.15, 0.2) is 11.6 Å². The average Bonchev–Trinajstić information content (AvgIpc) is 2.19. The zero-order valence-corrected chi connectivity index (χ0v) is 51.7. The minimum absolute atomic E-state index is 0.0123. The number of hydrogen-bond donors (Lipinski definition) is 3. The molecule has 452 valence electrons. The third kappa shape index (κ3) is 15.4. The van der Waals surface area contributed by atoms with Crippen LogP contribution < -0.4 is 10.6 Å². The van der Waals surface area contributed by atoms with Gasteiger partial charge in [-0.15, -0.1) is 0 Å². The molecule has 4 saturated heterocycles. The molecule has 2 aliphatic carbocycles. The van der Waals surface area contributed by atoms with Gasteiger partial charge in [-0.3, -0.25) is 38.4 Å². The van der Waals surface area contributed by atoms with Crippen molar-refractivity contribution in [3.05, 3.63) is 96.1 Å². The molecule has 16 nitrogen and oxygen atoms in total. The highest BCUT2D eigenvalue weighted by atomic mass is 127. The molecule has 12 atom stereocenters. The van der Waals surface area contributed by atoms with Crippen molar-refractivity contribution in [2.75, 3.05) is 38.2 Å². The largest absolute Gasteiger partial charge is 0.391 e. The van der Waals surface area contributed by atoms with Crippen LogP contribution in [-0.4, -0.2) is 146 Å². The smallest absolute Gasteiger partial charge is 0.243 e. The van der Waals surface area contributed by atoms with Crippen LogP contribution in [-0.2, 0) is 56.2 Å². The number of halogens is 1. The number of ketones is 2. The molecule has 2 aromatic rings. The minimum atomic E-state index is -0.885. The molecule has 2 saturated carbocycles. The zero-order valence-electron chi connectivity index (χ0n) is 49.5. The van der Waals surface area contributed by atoms with Gasteiger partial charge >= 0.3 is 0 Å². The number of likely N-dealkylation sites (tertiary alicyclic amines) is 2. The highest BCUT2D eigenvalue weighted by Gasteiger charge is 2.64. The molecule has 83 heavy (non-hydrogen) atoms. The number of methoxy groups -OCH3 is 1. The molecule has 6 heterocycles. The lowest BCUT2D eigenvalue weighted by Gasteiger charge is -2.31. The van der Waals surface area contributed by atoms with Crippen molar-refractivity contribution in [3.63, 3.8) is 0 Å². The summed E-state index contributed by atoms with van der Waals surface area (Å²) in [6.07, 6.45) is 21.8. The number of amides is 6. The first-order chi connectivity index (χ1) is 40.1. The van der Waals surface area contributed by atoms with Crippen LogP contribution >= 0.6 is 22.6 Å². The van der Waals surface area contributed by atoms with Crippen LogP contribution in [0, 0.1) is 34.5 Å². The predicted molar refractivity (Wildman–Crippen MR) is 326 cm³/mol. The Labute approximate surface area is 505 Å². The predicted octanol–water partition coefficient (Wildman–Crippen LogP) is 8.46. The van der Waals surface area contributed by atoms with Crippen LogP contribution in [0.3, 0.4) is 0 Å². The maximum atomic E-state index is 14.3. The summed E-state index contributed by atoms with van der Waals surface area (Å²) in [5.41, 5.74) is 0.276. The molecule has 6 fully saturated rings. The molecule has 8 aliphatic rings. The Hall–Kier alpha value is -5.27. The van der Waals surface area contributed by atoms with Crippen molar-refractivity contribution in [1.82, 2.24) is 30.2 Å². The number of nitrogens with one attached hydrogen (secondary N) is 2. The van der Waals surface area contributed by atoms with E-state index in [9.17, 15) is 43.5 Å². The van der Waals surface area contributed by atoms with Gasteiger partial charge < -0.3 is 40.1 Å². The maximum Gasteiger partial charge on any atom is 0.243 e. The lowest BCUT2D eigenvalue weighted by Crippen LogP contribution is -2.50. The minimum Gasteiger partial charge on any atom is -0.391 e. The van der Waals surface area contributed by atoms with Gasteiger partial charge in [0.25, 0.3) is 0 Å². The van der Waals surface area contributed by atoms with E-state index in [1.165, 1.54) is 0 Å². The van der Waals surface area contributed by atoms with Crippen molar-refractivity contribution in [2.24, 2.45) is 34.5 Å². The van der Waals surface area contributed by atoms with Gasteiger partial charge in [0.05, 0.1) is 35.1 Å². The molecule has 10 rings (SSSR count). The van der Waals surface area contributed by atoms with Gasteiger partial charge in [0.2, 0.25) is 35.4 Å². The normalized spacial score (nSPS) is 32.9. The molecule has 0 aromatic heterocycles. The fraction of sp³-hybridized carbons (Fsp3) is 0.636. The molecule has 2 aromatic carbocycles. The number of rotatable bonds is 9. The number of aliphatic hydroxyl groups is 1. The third-order valence-electron chi connectivity index (χ3n) is 19.1. The monoisotopic (exact) mass is 1250 g/mol. The average molecular weight is 1260 g/mol.